The topological polar surface area (TPSA) is 60.9 Å². The number of halogens is 3. The monoisotopic (exact) mass is 417 g/mol. The predicted molar refractivity (Wildman–Crippen MR) is 106 cm³/mol. The number of rotatable bonds is 5. The first kappa shape index (κ1) is 23.1. The highest BCUT2D eigenvalue weighted by molar-refractivity contribution is 5.68. The van der Waals surface area contributed by atoms with Crippen molar-refractivity contribution in [3.8, 4) is 0 Å². The molecule has 29 heavy (non-hydrogen) atoms. The molecule has 0 unspecified atom stereocenters. The predicted octanol–water partition coefficient (Wildman–Crippen LogP) is 3.13. The van der Waals surface area contributed by atoms with Crippen LogP contribution in [-0.2, 0) is 10.9 Å². The number of pyridine rings is 1. The van der Waals surface area contributed by atoms with E-state index in [1.54, 1.807) is 25.7 Å². The lowest BCUT2D eigenvalue weighted by Gasteiger charge is -2.37. The van der Waals surface area contributed by atoms with Crippen LogP contribution in [0.25, 0.3) is 0 Å². The van der Waals surface area contributed by atoms with E-state index in [0.29, 0.717) is 18.8 Å². The largest absolute Gasteiger partial charge is 0.444 e. The molecule has 7 nitrogen and oxygen atoms in total. The average Bonchev–Trinajstić information content (AvgIpc) is 2.59. The molecule has 0 aliphatic carbocycles. The Balaban J connectivity index is 2.09. The lowest BCUT2D eigenvalue weighted by Crippen LogP contribution is -2.50. The second-order valence-electron chi connectivity index (χ2n) is 8.28. The summed E-state index contributed by atoms with van der Waals surface area (Å²) in [5.74, 6) is -0.112. The molecular formula is C19H30F3N5O2. The van der Waals surface area contributed by atoms with Gasteiger partial charge in [-0.2, -0.15) is 13.2 Å². The van der Waals surface area contributed by atoms with Crippen molar-refractivity contribution < 1.29 is 22.7 Å². The fraction of sp³-hybridized carbons (Fsp3) is 0.684. The lowest BCUT2D eigenvalue weighted by molar-refractivity contribution is -0.137. The number of aromatic nitrogens is 1. The van der Waals surface area contributed by atoms with Crippen molar-refractivity contribution in [1.29, 1.82) is 0 Å². The molecule has 0 saturated carbocycles. The zero-order valence-electron chi connectivity index (χ0n) is 17.6. The molecule has 1 aromatic heterocycles. The maximum Gasteiger partial charge on any atom is 0.420 e. The van der Waals surface area contributed by atoms with Crippen LogP contribution in [0.2, 0.25) is 0 Å². The van der Waals surface area contributed by atoms with Crippen molar-refractivity contribution in [3.05, 3.63) is 17.8 Å². The summed E-state index contributed by atoms with van der Waals surface area (Å²) in [6.07, 6.45) is -3.56. The molecule has 0 radical (unpaired) electrons. The first-order valence-corrected chi connectivity index (χ1v) is 9.55. The molecule has 1 N–H and O–H groups in total. The Bertz CT molecular complexity index is 696. The van der Waals surface area contributed by atoms with Gasteiger partial charge in [-0.1, -0.05) is 0 Å². The minimum absolute atomic E-state index is 0.112. The molecule has 10 heteroatoms. The SMILES string of the molecule is CN(C)CCNc1cnc(N2CCN(C(=O)OC(C)(C)C)CC2)c(C(F)(F)F)c1. The smallest absolute Gasteiger partial charge is 0.420 e. The number of likely N-dealkylation sites (N-methyl/N-ethyl adjacent to an activating group) is 1. The van der Waals surface area contributed by atoms with Crippen LogP contribution in [0.3, 0.4) is 0 Å². The van der Waals surface area contributed by atoms with Gasteiger partial charge in [0.25, 0.3) is 0 Å². The summed E-state index contributed by atoms with van der Waals surface area (Å²) in [6, 6.07) is 1.10. The van der Waals surface area contributed by atoms with Gasteiger partial charge in [-0.05, 0) is 40.9 Å². The number of hydrogen-bond donors (Lipinski definition) is 1. The number of nitrogens with one attached hydrogen (secondary N) is 1. The fourth-order valence-corrected chi connectivity index (χ4v) is 2.87. The second kappa shape index (κ2) is 9.06. The van der Waals surface area contributed by atoms with Crippen LogP contribution in [0.15, 0.2) is 12.3 Å². The Morgan fingerprint density at radius 3 is 2.34 bits per heavy atom. The van der Waals surface area contributed by atoms with Crippen LogP contribution in [0.5, 0.6) is 0 Å². The van der Waals surface area contributed by atoms with E-state index in [0.717, 1.165) is 6.07 Å². The van der Waals surface area contributed by atoms with Gasteiger partial charge in [0.2, 0.25) is 0 Å². The van der Waals surface area contributed by atoms with E-state index in [9.17, 15) is 18.0 Å². The summed E-state index contributed by atoms with van der Waals surface area (Å²) >= 11 is 0. The molecule has 1 fully saturated rings. The first-order chi connectivity index (χ1) is 13.4. The van der Waals surface area contributed by atoms with Crippen LogP contribution in [0.4, 0.5) is 29.5 Å². The van der Waals surface area contributed by atoms with E-state index < -0.39 is 23.4 Å². The summed E-state index contributed by atoms with van der Waals surface area (Å²) in [7, 11) is 3.78. The van der Waals surface area contributed by atoms with Crippen molar-refractivity contribution in [3.63, 3.8) is 0 Å². The van der Waals surface area contributed by atoms with Crippen molar-refractivity contribution in [2.45, 2.75) is 32.5 Å². The molecule has 0 atom stereocenters. The third-order valence-electron chi connectivity index (χ3n) is 4.29. The molecule has 1 aromatic rings. The second-order valence-corrected chi connectivity index (χ2v) is 8.28. The summed E-state index contributed by atoms with van der Waals surface area (Å²) in [5, 5.41) is 2.97. The number of carbonyl (C=O) groups excluding carboxylic acids is 1. The number of carbonyl (C=O) groups is 1. The molecule has 2 heterocycles. The van der Waals surface area contributed by atoms with Gasteiger partial charge in [-0.25, -0.2) is 9.78 Å². The number of piperazine rings is 1. The molecule has 0 bridgehead atoms. The summed E-state index contributed by atoms with van der Waals surface area (Å²) < 4.78 is 46.2. The average molecular weight is 417 g/mol. The number of amides is 1. The normalized spacial score (nSPS) is 15.6. The molecule has 1 saturated heterocycles. The summed E-state index contributed by atoms with van der Waals surface area (Å²) in [4.78, 5) is 21.2. The first-order valence-electron chi connectivity index (χ1n) is 9.55. The quantitative estimate of drug-likeness (QED) is 0.794. The maximum absolute atomic E-state index is 13.6. The van der Waals surface area contributed by atoms with Crippen molar-refractivity contribution >= 4 is 17.6 Å². The molecule has 1 amide bonds. The minimum Gasteiger partial charge on any atom is -0.444 e. The molecule has 1 aliphatic heterocycles. The van der Waals surface area contributed by atoms with Crippen LogP contribution in [-0.4, -0.2) is 79.8 Å². The van der Waals surface area contributed by atoms with Crippen LogP contribution in [0.1, 0.15) is 26.3 Å². The Kier molecular flexibility index (Phi) is 7.20. The van der Waals surface area contributed by atoms with Crippen molar-refractivity contribution in [1.82, 2.24) is 14.8 Å². The number of ether oxygens (including phenoxy) is 1. The molecule has 2 rings (SSSR count). The summed E-state index contributed by atoms with van der Waals surface area (Å²) in [6.45, 7) is 7.58. The van der Waals surface area contributed by atoms with Crippen LogP contribution < -0.4 is 10.2 Å². The Labute approximate surface area is 169 Å². The van der Waals surface area contributed by atoms with Gasteiger partial charge < -0.3 is 24.8 Å². The number of hydrogen-bond acceptors (Lipinski definition) is 6. The third-order valence-corrected chi connectivity index (χ3v) is 4.29. The van der Waals surface area contributed by atoms with E-state index in [4.69, 9.17) is 4.74 Å². The molecule has 164 valence electrons. The highest BCUT2D eigenvalue weighted by atomic mass is 19.4. The fourth-order valence-electron chi connectivity index (χ4n) is 2.87. The Hall–Kier alpha value is -2.23. The highest BCUT2D eigenvalue weighted by Gasteiger charge is 2.37. The van der Waals surface area contributed by atoms with E-state index in [1.165, 1.54) is 11.1 Å². The van der Waals surface area contributed by atoms with E-state index in [-0.39, 0.29) is 32.0 Å². The van der Waals surface area contributed by atoms with Gasteiger partial charge in [0, 0.05) is 39.3 Å². The van der Waals surface area contributed by atoms with E-state index in [2.05, 4.69) is 10.3 Å². The number of nitrogens with zero attached hydrogens (tertiary/aromatic N) is 4. The summed E-state index contributed by atoms with van der Waals surface area (Å²) in [5.41, 5.74) is -1.07. The van der Waals surface area contributed by atoms with Gasteiger partial charge in [0.15, 0.2) is 0 Å². The molecule has 1 aliphatic rings. The third kappa shape index (κ3) is 6.95. The van der Waals surface area contributed by atoms with Gasteiger partial charge in [-0.3, -0.25) is 0 Å². The van der Waals surface area contributed by atoms with Crippen molar-refractivity contribution in [2.24, 2.45) is 0 Å². The van der Waals surface area contributed by atoms with E-state index in [1.807, 2.05) is 19.0 Å². The number of anilines is 2. The van der Waals surface area contributed by atoms with Crippen molar-refractivity contribution in [2.75, 3.05) is 63.6 Å². The molecule has 0 spiro atoms. The van der Waals surface area contributed by atoms with Gasteiger partial charge >= 0.3 is 12.3 Å². The van der Waals surface area contributed by atoms with Crippen LogP contribution >= 0.6 is 0 Å². The van der Waals surface area contributed by atoms with Gasteiger partial charge in [0.05, 0.1) is 11.9 Å². The minimum atomic E-state index is -4.52. The standard InChI is InChI=1S/C19H30F3N5O2/c1-18(2,3)29-17(28)27-10-8-26(9-11-27)16-15(19(20,21)22)12-14(13-24-16)23-6-7-25(4)5/h12-13,23H,6-11H2,1-5H3. The number of alkyl halides is 3. The maximum atomic E-state index is 13.6. The zero-order valence-corrected chi connectivity index (χ0v) is 17.6. The Morgan fingerprint density at radius 2 is 1.83 bits per heavy atom. The van der Waals surface area contributed by atoms with Gasteiger partial charge in [0.1, 0.15) is 17.0 Å². The van der Waals surface area contributed by atoms with Gasteiger partial charge in [-0.15, -0.1) is 0 Å². The molecular weight excluding hydrogens is 387 g/mol. The zero-order chi connectivity index (χ0) is 21.8. The highest BCUT2D eigenvalue weighted by Crippen LogP contribution is 2.37. The molecule has 0 aromatic carbocycles. The van der Waals surface area contributed by atoms with Crippen LogP contribution in [0, 0.1) is 0 Å². The Morgan fingerprint density at radius 1 is 1.21 bits per heavy atom. The van der Waals surface area contributed by atoms with E-state index >= 15 is 0 Å². The lowest BCUT2D eigenvalue weighted by atomic mass is 10.2.